The van der Waals surface area contributed by atoms with Crippen LogP contribution in [0.3, 0.4) is 0 Å². The molecule has 1 aromatic carbocycles. The highest BCUT2D eigenvalue weighted by Crippen LogP contribution is 2.27. The Kier molecular flexibility index (Phi) is 5.48. The van der Waals surface area contributed by atoms with E-state index in [9.17, 15) is 4.79 Å². The standard InChI is InChI=1S/C16H22N2O2.ClH/c1-2-20-15-6-4-3-5-13(15)16(19)18-10-8-14-12(11-18)7-9-17-14;/h3-6,12,14,17H,2,7-11H2,1H3;1H. The molecule has 5 heteroatoms. The molecule has 2 heterocycles. The number of rotatable bonds is 3. The Morgan fingerprint density at radius 3 is 3.00 bits per heavy atom. The number of hydrogen-bond donors (Lipinski definition) is 1. The first-order valence-electron chi connectivity index (χ1n) is 7.54. The first kappa shape index (κ1) is 16.1. The van der Waals surface area contributed by atoms with Crippen molar-refractivity contribution in [2.45, 2.75) is 25.8 Å². The number of benzene rings is 1. The summed E-state index contributed by atoms with van der Waals surface area (Å²) in [6.07, 6.45) is 2.24. The van der Waals surface area contributed by atoms with E-state index in [4.69, 9.17) is 4.74 Å². The maximum Gasteiger partial charge on any atom is 0.257 e. The summed E-state index contributed by atoms with van der Waals surface area (Å²) in [5.74, 6) is 1.43. The van der Waals surface area contributed by atoms with E-state index in [2.05, 4.69) is 5.32 Å². The fraction of sp³-hybridized carbons (Fsp3) is 0.562. The molecule has 1 aromatic rings. The Bertz CT molecular complexity index is 495. The summed E-state index contributed by atoms with van der Waals surface area (Å²) >= 11 is 0. The number of carbonyl (C=O) groups excluding carboxylic acids is 1. The van der Waals surface area contributed by atoms with Crippen LogP contribution in [0.15, 0.2) is 24.3 Å². The third-order valence-electron chi connectivity index (χ3n) is 4.36. The molecule has 2 aliphatic heterocycles. The van der Waals surface area contributed by atoms with Crippen LogP contribution in [-0.2, 0) is 0 Å². The Balaban J connectivity index is 0.00000161. The lowest BCUT2D eigenvalue weighted by atomic mass is 9.93. The monoisotopic (exact) mass is 310 g/mol. The predicted molar refractivity (Wildman–Crippen MR) is 85.3 cm³/mol. The molecule has 0 radical (unpaired) electrons. The predicted octanol–water partition coefficient (Wildman–Crippen LogP) is 2.33. The van der Waals surface area contributed by atoms with E-state index in [0.717, 1.165) is 26.1 Å². The van der Waals surface area contributed by atoms with Crippen molar-refractivity contribution in [1.29, 1.82) is 0 Å². The van der Waals surface area contributed by atoms with Crippen molar-refractivity contribution in [2.24, 2.45) is 5.92 Å². The minimum absolute atomic E-state index is 0. The highest BCUT2D eigenvalue weighted by Gasteiger charge is 2.35. The number of para-hydroxylation sites is 1. The molecule has 2 saturated heterocycles. The molecular formula is C16H23ClN2O2. The van der Waals surface area contributed by atoms with Gasteiger partial charge in [-0.15, -0.1) is 12.4 Å². The molecule has 1 amide bonds. The van der Waals surface area contributed by atoms with Crippen molar-refractivity contribution < 1.29 is 9.53 Å². The Labute approximate surface area is 132 Å². The SMILES string of the molecule is CCOc1ccccc1C(=O)N1CCC2NCCC2C1.Cl. The summed E-state index contributed by atoms with van der Waals surface area (Å²) in [7, 11) is 0. The average Bonchev–Trinajstić information content (AvgIpc) is 2.95. The van der Waals surface area contributed by atoms with Crippen LogP contribution in [0.5, 0.6) is 5.75 Å². The number of nitrogens with zero attached hydrogens (tertiary/aromatic N) is 1. The number of halogens is 1. The topological polar surface area (TPSA) is 41.6 Å². The van der Waals surface area contributed by atoms with E-state index in [1.54, 1.807) is 0 Å². The number of likely N-dealkylation sites (tertiary alicyclic amines) is 1. The van der Waals surface area contributed by atoms with Crippen LogP contribution in [-0.4, -0.2) is 43.1 Å². The van der Waals surface area contributed by atoms with Crippen molar-refractivity contribution in [2.75, 3.05) is 26.2 Å². The molecular weight excluding hydrogens is 288 g/mol. The van der Waals surface area contributed by atoms with Crippen LogP contribution in [0.1, 0.15) is 30.1 Å². The van der Waals surface area contributed by atoms with E-state index < -0.39 is 0 Å². The van der Waals surface area contributed by atoms with Crippen molar-refractivity contribution in [1.82, 2.24) is 10.2 Å². The van der Waals surface area contributed by atoms with Crippen molar-refractivity contribution in [3.63, 3.8) is 0 Å². The average molecular weight is 311 g/mol. The quantitative estimate of drug-likeness (QED) is 0.931. The van der Waals surface area contributed by atoms with E-state index >= 15 is 0 Å². The maximum atomic E-state index is 12.7. The first-order chi connectivity index (χ1) is 9.79. The molecule has 1 N–H and O–H groups in total. The van der Waals surface area contributed by atoms with Gasteiger partial charge in [0, 0.05) is 19.1 Å². The molecule has 4 nitrogen and oxygen atoms in total. The van der Waals surface area contributed by atoms with Gasteiger partial charge >= 0.3 is 0 Å². The molecule has 2 unspecified atom stereocenters. The molecule has 21 heavy (non-hydrogen) atoms. The second-order valence-corrected chi connectivity index (χ2v) is 5.58. The Morgan fingerprint density at radius 2 is 2.19 bits per heavy atom. The largest absolute Gasteiger partial charge is 0.493 e. The summed E-state index contributed by atoms with van der Waals surface area (Å²) in [6, 6.07) is 8.17. The van der Waals surface area contributed by atoms with Crippen LogP contribution in [0.25, 0.3) is 0 Å². The van der Waals surface area contributed by atoms with Gasteiger partial charge in [0.25, 0.3) is 5.91 Å². The first-order valence-corrected chi connectivity index (χ1v) is 7.54. The number of piperidine rings is 1. The lowest BCUT2D eigenvalue weighted by Gasteiger charge is -2.35. The molecule has 2 aliphatic rings. The molecule has 0 spiro atoms. The van der Waals surface area contributed by atoms with E-state index in [1.165, 1.54) is 6.42 Å². The van der Waals surface area contributed by atoms with E-state index in [0.29, 0.717) is 29.9 Å². The van der Waals surface area contributed by atoms with Gasteiger partial charge in [-0.25, -0.2) is 0 Å². The number of carbonyl (C=O) groups is 1. The van der Waals surface area contributed by atoms with Crippen molar-refractivity contribution in [3.8, 4) is 5.75 Å². The lowest BCUT2D eigenvalue weighted by Crippen LogP contribution is -2.46. The van der Waals surface area contributed by atoms with Gasteiger partial charge in [-0.1, -0.05) is 12.1 Å². The molecule has 2 fully saturated rings. The zero-order chi connectivity index (χ0) is 13.9. The summed E-state index contributed by atoms with van der Waals surface area (Å²) < 4.78 is 5.58. The highest BCUT2D eigenvalue weighted by molar-refractivity contribution is 5.97. The molecule has 2 atom stereocenters. The van der Waals surface area contributed by atoms with Gasteiger partial charge < -0.3 is 15.0 Å². The van der Waals surface area contributed by atoms with Gasteiger partial charge in [0.1, 0.15) is 5.75 Å². The number of fused-ring (bicyclic) bond motifs is 1. The zero-order valence-electron chi connectivity index (χ0n) is 12.4. The minimum Gasteiger partial charge on any atom is -0.493 e. The van der Waals surface area contributed by atoms with Crippen LogP contribution < -0.4 is 10.1 Å². The molecule has 0 aliphatic carbocycles. The normalized spacial score (nSPS) is 24.1. The molecule has 116 valence electrons. The minimum atomic E-state index is 0. The van der Waals surface area contributed by atoms with Crippen LogP contribution in [0.2, 0.25) is 0 Å². The van der Waals surface area contributed by atoms with Crippen molar-refractivity contribution in [3.05, 3.63) is 29.8 Å². The van der Waals surface area contributed by atoms with Gasteiger partial charge in [-0.05, 0) is 44.4 Å². The number of hydrogen-bond acceptors (Lipinski definition) is 3. The summed E-state index contributed by atoms with van der Waals surface area (Å²) in [5.41, 5.74) is 0.693. The van der Waals surface area contributed by atoms with Gasteiger partial charge in [-0.3, -0.25) is 4.79 Å². The third kappa shape index (κ3) is 3.33. The number of nitrogens with one attached hydrogen (secondary N) is 1. The number of amides is 1. The third-order valence-corrected chi connectivity index (χ3v) is 4.36. The second kappa shape index (κ2) is 7.14. The van der Waals surface area contributed by atoms with E-state index in [1.807, 2.05) is 36.1 Å². The second-order valence-electron chi connectivity index (χ2n) is 5.58. The molecule has 0 saturated carbocycles. The van der Waals surface area contributed by atoms with Gasteiger partial charge in [0.2, 0.25) is 0 Å². The maximum absolute atomic E-state index is 12.7. The zero-order valence-corrected chi connectivity index (χ0v) is 13.2. The fourth-order valence-electron chi connectivity index (χ4n) is 3.33. The molecule has 0 bridgehead atoms. The summed E-state index contributed by atoms with van der Waals surface area (Å²) in [4.78, 5) is 14.7. The van der Waals surface area contributed by atoms with Gasteiger partial charge in [0.15, 0.2) is 0 Å². The van der Waals surface area contributed by atoms with Crippen LogP contribution in [0.4, 0.5) is 0 Å². The van der Waals surface area contributed by atoms with Crippen molar-refractivity contribution >= 4 is 18.3 Å². The molecule has 3 rings (SSSR count). The summed E-state index contributed by atoms with van der Waals surface area (Å²) in [5, 5.41) is 3.53. The van der Waals surface area contributed by atoms with Gasteiger partial charge in [0.05, 0.1) is 12.2 Å². The molecule has 0 aromatic heterocycles. The van der Waals surface area contributed by atoms with Crippen LogP contribution in [0, 0.1) is 5.92 Å². The fourth-order valence-corrected chi connectivity index (χ4v) is 3.33. The van der Waals surface area contributed by atoms with Crippen LogP contribution >= 0.6 is 12.4 Å². The Morgan fingerprint density at radius 1 is 1.38 bits per heavy atom. The number of ether oxygens (including phenoxy) is 1. The van der Waals surface area contributed by atoms with E-state index in [-0.39, 0.29) is 18.3 Å². The lowest BCUT2D eigenvalue weighted by molar-refractivity contribution is 0.0658. The highest BCUT2D eigenvalue weighted by atomic mass is 35.5. The summed E-state index contributed by atoms with van der Waals surface area (Å²) in [6.45, 7) is 5.33. The Hall–Kier alpha value is -1.26. The smallest absolute Gasteiger partial charge is 0.257 e. The van der Waals surface area contributed by atoms with Gasteiger partial charge in [-0.2, -0.15) is 0 Å².